The van der Waals surface area contributed by atoms with Crippen molar-refractivity contribution in [3.05, 3.63) is 12.2 Å². The van der Waals surface area contributed by atoms with Gasteiger partial charge in [0.2, 0.25) is 5.91 Å². The summed E-state index contributed by atoms with van der Waals surface area (Å²) in [4.78, 5) is 46.5. The highest BCUT2D eigenvalue weighted by Crippen LogP contribution is 2.48. The van der Waals surface area contributed by atoms with E-state index in [4.69, 9.17) is 30.3 Å². The minimum absolute atomic E-state index is 0.0105. The van der Waals surface area contributed by atoms with Crippen molar-refractivity contribution in [3.63, 3.8) is 0 Å². The first kappa shape index (κ1) is 23.1. The Bertz CT molecular complexity index is 670. The number of hydrogen-bond acceptors (Lipinski definition) is 8. The molecule has 10 nitrogen and oxygen atoms in total. The standard InChI is InChI=1S/C16H25N2O8PS/c1-23-9-10-8-11(16(24-2)15(10)26-27(22,28)25-3)17-12(19)6-7-18-13(20)4-5-14(18)21/h4-5,10-11,15-16H,6-9H2,1-3H3,(H,17,19)(H,22,28)/t10-,11-,15+,16?,27?/m1/s1. The van der Waals surface area contributed by atoms with Crippen LogP contribution in [-0.2, 0) is 44.7 Å². The van der Waals surface area contributed by atoms with Crippen LogP contribution in [-0.4, -0.2) is 80.2 Å². The van der Waals surface area contributed by atoms with Gasteiger partial charge >= 0.3 is 6.72 Å². The van der Waals surface area contributed by atoms with Gasteiger partial charge in [0.25, 0.3) is 11.8 Å². The summed E-state index contributed by atoms with van der Waals surface area (Å²) in [5, 5.41) is 2.84. The monoisotopic (exact) mass is 436 g/mol. The number of imide groups is 1. The van der Waals surface area contributed by atoms with Gasteiger partial charge in [-0.3, -0.25) is 19.3 Å². The molecule has 1 fully saturated rings. The van der Waals surface area contributed by atoms with Gasteiger partial charge in [-0.1, -0.05) is 0 Å². The normalized spacial score (nSPS) is 29.4. The van der Waals surface area contributed by atoms with Crippen molar-refractivity contribution >= 4 is 36.2 Å². The molecule has 0 saturated heterocycles. The number of amides is 3. The molecular formula is C16H25N2O8PS. The van der Waals surface area contributed by atoms with E-state index in [1.807, 2.05) is 0 Å². The molecular weight excluding hydrogens is 411 g/mol. The maximum Gasteiger partial charge on any atom is 0.324 e. The first-order valence-electron chi connectivity index (χ1n) is 8.64. The van der Waals surface area contributed by atoms with Gasteiger partial charge in [0.15, 0.2) is 0 Å². The SMILES string of the molecule is COC[C@H]1C[C@@H](NC(=O)CCN2C(=O)C=CC2=O)C(OC)[C@H]1OP(O)(=S)OC. The van der Waals surface area contributed by atoms with Gasteiger partial charge in [-0.05, 0) is 18.2 Å². The lowest BCUT2D eigenvalue weighted by molar-refractivity contribution is -0.137. The van der Waals surface area contributed by atoms with Crippen LogP contribution < -0.4 is 5.32 Å². The average molecular weight is 436 g/mol. The van der Waals surface area contributed by atoms with E-state index in [1.54, 1.807) is 0 Å². The smallest absolute Gasteiger partial charge is 0.324 e. The minimum Gasteiger partial charge on any atom is -0.384 e. The van der Waals surface area contributed by atoms with Crippen LogP contribution in [0, 0.1) is 5.92 Å². The molecule has 3 amide bonds. The van der Waals surface area contributed by atoms with Gasteiger partial charge in [-0.15, -0.1) is 0 Å². The van der Waals surface area contributed by atoms with E-state index in [1.165, 1.54) is 33.5 Å². The summed E-state index contributed by atoms with van der Waals surface area (Å²) < 4.78 is 21.2. The quantitative estimate of drug-likeness (QED) is 0.351. The van der Waals surface area contributed by atoms with E-state index in [9.17, 15) is 19.3 Å². The van der Waals surface area contributed by atoms with Crippen molar-refractivity contribution in [2.75, 3.05) is 34.5 Å². The zero-order valence-corrected chi connectivity index (χ0v) is 17.6. The highest BCUT2D eigenvalue weighted by Gasteiger charge is 2.47. The predicted octanol–water partition coefficient (Wildman–Crippen LogP) is -0.284. The molecule has 5 atom stereocenters. The Morgan fingerprint density at radius 3 is 2.46 bits per heavy atom. The number of carbonyl (C=O) groups is 3. The second-order valence-electron chi connectivity index (χ2n) is 6.46. The number of carbonyl (C=O) groups excluding carboxylic acids is 3. The fourth-order valence-electron chi connectivity index (χ4n) is 3.39. The molecule has 0 aromatic carbocycles. The van der Waals surface area contributed by atoms with Crippen LogP contribution in [0.25, 0.3) is 0 Å². The highest BCUT2D eigenvalue weighted by atomic mass is 32.5. The molecule has 1 saturated carbocycles. The molecule has 0 spiro atoms. The molecule has 2 N–H and O–H groups in total. The summed E-state index contributed by atoms with van der Waals surface area (Å²) in [5.74, 6) is -1.40. The van der Waals surface area contributed by atoms with Crippen molar-refractivity contribution in [3.8, 4) is 0 Å². The maximum absolute atomic E-state index is 12.3. The van der Waals surface area contributed by atoms with Crippen LogP contribution in [0.4, 0.5) is 0 Å². The van der Waals surface area contributed by atoms with Crippen LogP contribution >= 0.6 is 6.72 Å². The average Bonchev–Trinajstić information content (AvgIpc) is 3.12. The molecule has 2 aliphatic rings. The summed E-state index contributed by atoms with van der Waals surface area (Å²) in [6, 6.07) is -0.419. The molecule has 2 rings (SSSR count). The van der Waals surface area contributed by atoms with E-state index in [0.29, 0.717) is 13.0 Å². The number of methoxy groups -OCH3 is 2. The van der Waals surface area contributed by atoms with Gasteiger partial charge in [0.1, 0.15) is 12.2 Å². The lowest BCUT2D eigenvalue weighted by Gasteiger charge is -2.28. The fraction of sp³-hybridized carbons (Fsp3) is 0.688. The van der Waals surface area contributed by atoms with Crippen LogP contribution in [0.2, 0.25) is 0 Å². The van der Waals surface area contributed by atoms with Crippen LogP contribution in [0.15, 0.2) is 12.2 Å². The fourth-order valence-corrected chi connectivity index (χ4v) is 4.38. The first-order chi connectivity index (χ1) is 13.2. The van der Waals surface area contributed by atoms with Gasteiger partial charge in [-0.2, -0.15) is 0 Å². The van der Waals surface area contributed by atoms with E-state index in [0.717, 1.165) is 4.90 Å². The second kappa shape index (κ2) is 10.0. The van der Waals surface area contributed by atoms with Crippen molar-refractivity contribution in [2.24, 2.45) is 5.92 Å². The topological polar surface area (TPSA) is 124 Å². The Kier molecular flexibility index (Phi) is 8.26. The van der Waals surface area contributed by atoms with Crippen molar-refractivity contribution < 1.29 is 37.8 Å². The number of nitrogens with zero attached hydrogens (tertiary/aromatic N) is 1. The molecule has 1 aliphatic carbocycles. The Hall–Kier alpha value is -1.20. The third kappa shape index (κ3) is 5.66. The Labute approximate surface area is 168 Å². The number of rotatable bonds is 10. The minimum atomic E-state index is -3.44. The van der Waals surface area contributed by atoms with Gasteiger partial charge < -0.3 is 28.7 Å². The molecule has 28 heavy (non-hydrogen) atoms. The Morgan fingerprint density at radius 2 is 1.93 bits per heavy atom. The van der Waals surface area contributed by atoms with Crippen molar-refractivity contribution in [1.82, 2.24) is 10.2 Å². The van der Waals surface area contributed by atoms with Gasteiger partial charge in [-0.25, -0.2) is 0 Å². The molecule has 1 heterocycles. The van der Waals surface area contributed by atoms with Gasteiger partial charge in [0.05, 0.1) is 12.6 Å². The molecule has 158 valence electrons. The Balaban J connectivity index is 1.99. The summed E-state index contributed by atoms with van der Waals surface area (Å²) in [7, 11) is 4.27. The molecule has 2 unspecified atom stereocenters. The van der Waals surface area contributed by atoms with E-state index in [-0.39, 0.29) is 24.8 Å². The van der Waals surface area contributed by atoms with Crippen molar-refractivity contribution in [2.45, 2.75) is 31.1 Å². The summed E-state index contributed by atoms with van der Waals surface area (Å²) in [5.41, 5.74) is 0. The third-order valence-corrected chi connectivity index (χ3v) is 6.37. The maximum atomic E-state index is 12.3. The zero-order chi connectivity index (χ0) is 20.9. The summed E-state index contributed by atoms with van der Waals surface area (Å²) >= 11 is 4.93. The second-order valence-corrected chi connectivity index (χ2v) is 9.36. The molecule has 0 aromatic heterocycles. The Morgan fingerprint density at radius 1 is 1.29 bits per heavy atom. The molecule has 1 aliphatic heterocycles. The molecule has 0 aromatic rings. The number of ether oxygens (including phenoxy) is 2. The van der Waals surface area contributed by atoms with Gasteiger partial charge in [0, 0.05) is 52.4 Å². The van der Waals surface area contributed by atoms with Crippen molar-refractivity contribution in [1.29, 1.82) is 0 Å². The lowest BCUT2D eigenvalue weighted by Crippen LogP contribution is -2.45. The molecule has 0 bridgehead atoms. The van der Waals surface area contributed by atoms with E-state index >= 15 is 0 Å². The third-order valence-electron chi connectivity index (χ3n) is 4.69. The number of nitrogens with one attached hydrogen (secondary N) is 1. The summed E-state index contributed by atoms with van der Waals surface area (Å²) in [6.45, 7) is -3.13. The number of hydrogen-bond donors (Lipinski definition) is 2. The van der Waals surface area contributed by atoms with Crippen LogP contribution in [0.5, 0.6) is 0 Å². The van der Waals surface area contributed by atoms with E-state index in [2.05, 4.69) is 5.32 Å². The predicted molar refractivity (Wildman–Crippen MR) is 102 cm³/mol. The van der Waals surface area contributed by atoms with Crippen LogP contribution in [0.3, 0.4) is 0 Å². The molecule has 0 radical (unpaired) electrons. The lowest BCUT2D eigenvalue weighted by atomic mass is 10.1. The molecule has 12 heteroatoms. The largest absolute Gasteiger partial charge is 0.384 e. The summed E-state index contributed by atoms with van der Waals surface area (Å²) in [6.07, 6.45) is 1.57. The first-order valence-corrected chi connectivity index (χ1v) is 11.2. The highest BCUT2D eigenvalue weighted by molar-refractivity contribution is 8.07. The van der Waals surface area contributed by atoms with Crippen LogP contribution in [0.1, 0.15) is 12.8 Å². The zero-order valence-electron chi connectivity index (χ0n) is 15.9. The van der Waals surface area contributed by atoms with E-state index < -0.39 is 36.8 Å².